The number of hydrogen-bond acceptors (Lipinski definition) is 4. The average Bonchev–Trinajstić information content (AvgIpc) is 2.45. The molecule has 21 heavy (non-hydrogen) atoms. The van der Waals surface area contributed by atoms with E-state index in [-0.39, 0.29) is 5.56 Å². The lowest BCUT2D eigenvalue weighted by molar-refractivity contribution is -0.148. The van der Waals surface area contributed by atoms with E-state index in [2.05, 4.69) is 10.1 Å². The number of amides is 1. The van der Waals surface area contributed by atoms with E-state index in [1.807, 2.05) is 0 Å². The van der Waals surface area contributed by atoms with Crippen LogP contribution in [0.25, 0.3) is 6.08 Å². The van der Waals surface area contributed by atoms with Crippen LogP contribution < -0.4 is 5.32 Å². The number of benzene rings is 1. The Morgan fingerprint density at radius 1 is 1.38 bits per heavy atom. The zero-order chi connectivity index (χ0) is 15.8. The maximum Gasteiger partial charge on any atom is 0.326 e. The van der Waals surface area contributed by atoms with Crippen molar-refractivity contribution in [1.29, 1.82) is 0 Å². The number of carbonyl (C=O) groups excluding carboxylic acids is 2. The van der Waals surface area contributed by atoms with Crippen molar-refractivity contribution in [2.75, 3.05) is 7.11 Å². The maximum atomic E-state index is 13.3. The highest BCUT2D eigenvalue weighted by Crippen LogP contribution is 2.08. The van der Waals surface area contributed by atoms with Crippen molar-refractivity contribution < 1.29 is 28.6 Å². The molecule has 1 aromatic carbocycles. The molecule has 0 aliphatic rings. The van der Waals surface area contributed by atoms with Gasteiger partial charge in [-0.05, 0) is 12.1 Å². The summed E-state index contributed by atoms with van der Waals surface area (Å²) in [4.78, 5) is 33.5. The van der Waals surface area contributed by atoms with Gasteiger partial charge in [0.2, 0.25) is 5.91 Å². The second-order valence-corrected chi connectivity index (χ2v) is 4.03. The van der Waals surface area contributed by atoms with Crippen molar-refractivity contribution in [3.8, 4) is 0 Å². The van der Waals surface area contributed by atoms with E-state index >= 15 is 0 Å². The molecule has 1 aromatic rings. The van der Waals surface area contributed by atoms with Gasteiger partial charge in [0.15, 0.2) is 0 Å². The Bertz CT molecular complexity index is 570. The van der Waals surface area contributed by atoms with Gasteiger partial charge < -0.3 is 15.2 Å². The Morgan fingerprint density at radius 2 is 2.05 bits per heavy atom. The zero-order valence-electron chi connectivity index (χ0n) is 11.2. The monoisotopic (exact) mass is 295 g/mol. The molecule has 2 N–H and O–H groups in total. The van der Waals surface area contributed by atoms with Crippen molar-refractivity contribution in [3.05, 3.63) is 41.7 Å². The molecule has 1 atom stereocenters. The van der Waals surface area contributed by atoms with Gasteiger partial charge in [0.05, 0.1) is 13.5 Å². The number of aliphatic carboxylic acids is 1. The Balaban J connectivity index is 2.68. The molecule has 7 heteroatoms. The summed E-state index contributed by atoms with van der Waals surface area (Å²) in [6, 6.07) is 4.38. The lowest BCUT2D eigenvalue weighted by Crippen LogP contribution is -2.41. The summed E-state index contributed by atoms with van der Waals surface area (Å²) in [5, 5.41) is 11.0. The SMILES string of the molecule is COC(=O)C[C@H](NC(=O)C=Cc1ccccc1F)C(=O)O. The van der Waals surface area contributed by atoms with Crippen LogP contribution in [0.15, 0.2) is 30.3 Å². The molecular formula is C14H14FNO5. The molecule has 6 nitrogen and oxygen atoms in total. The fourth-order valence-electron chi connectivity index (χ4n) is 1.45. The molecule has 0 aliphatic carbocycles. The van der Waals surface area contributed by atoms with Gasteiger partial charge in [0.1, 0.15) is 11.9 Å². The number of ether oxygens (including phenoxy) is 1. The van der Waals surface area contributed by atoms with E-state index in [1.165, 1.54) is 24.3 Å². The van der Waals surface area contributed by atoms with Gasteiger partial charge in [-0.2, -0.15) is 0 Å². The smallest absolute Gasteiger partial charge is 0.326 e. The number of rotatable bonds is 6. The van der Waals surface area contributed by atoms with E-state index in [0.717, 1.165) is 13.2 Å². The number of carboxylic acid groups (broad SMARTS) is 1. The molecule has 0 fully saturated rings. The van der Waals surface area contributed by atoms with E-state index in [9.17, 15) is 18.8 Å². The molecule has 0 saturated carbocycles. The summed E-state index contributed by atoms with van der Waals surface area (Å²) < 4.78 is 17.6. The molecule has 0 spiro atoms. The van der Waals surface area contributed by atoms with Crippen molar-refractivity contribution in [2.45, 2.75) is 12.5 Å². The summed E-state index contributed by atoms with van der Waals surface area (Å²) in [5.41, 5.74) is 0.187. The van der Waals surface area contributed by atoms with Crippen LogP contribution in [0.2, 0.25) is 0 Å². The second-order valence-electron chi connectivity index (χ2n) is 4.03. The van der Waals surface area contributed by atoms with Crippen LogP contribution in [0.1, 0.15) is 12.0 Å². The molecule has 112 valence electrons. The summed E-state index contributed by atoms with van der Waals surface area (Å²) >= 11 is 0. The molecule has 1 amide bonds. The first-order valence-corrected chi connectivity index (χ1v) is 5.96. The molecule has 0 unspecified atom stereocenters. The topological polar surface area (TPSA) is 92.7 Å². The molecular weight excluding hydrogens is 281 g/mol. The molecule has 0 bridgehead atoms. The largest absolute Gasteiger partial charge is 0.480 e. The van der Waals surface area contributed by atoms with E-state index in [4.69, 9.17) is 5.11 Å². The Hall–Kier alpha value is -2.70. The van der Waals surface area contributed by atoms with Gasteiger partial charge in [-0.1, -0.05) is 18.2 Å². The van der Waals surface area contributed by atoms with Crippen LogP contribution in [0.4, 0.5) is 4.39 Å². The minimum Gasteiger partial charge on any atom is -0.480 e. The quantitative estimate of drug-likeness (QED) is 0.602. The highest BCUT2D eigenvalue weighted by Gasteiger charge is 2.22. The zero-order valence-corrected chi connectivity index (χ0v) is 11.2. The Kier molecular flexibility index (Phi) is 6.06. The second kappa shape index (κ2) is 7.78. The molecule has 0 radical (unpaired) electrons. The Morgan fingerprint density at radius 3 is 2.62 bits per heavy atom. The maximum absolute atomic E-state index is 13.3. The normalized spacial score (nSPS) is 11.9. The first kappa shape index (κ1) is 16.4. The predicted octanol–water partition coefficient (Wildman–Crippen LogP) is 0.971. The van der Waals surface area contributed by atoms with Gasteiger partial charge >= 0.3 is 11.9 Å². The molecule has 0 aliphatic heterocycles. The van der Waals surface area contributed by atoms with Gasteiger partial charge in [-0.15, -0.1) is 0 Å². The minimum absolute atomic E-state index is 0.187. The third kappa shape index (κ3) is 5.43. The minimum atomic E-state index is -1.41. The number of esters is 1. The van der Waals surface area contributed by atoms with Gasteiger partial charge in [-0.3, -0.25) is 9.59 Å². The van der Waals surface area contributed by atoms with Crippen molar-refractivity contribution >= 4 is 23.9 Å². The van der Waals surface area contributed by atoms with E-state index in [1.54, 1.807) is 6.07 Å². The number of carbonyl (C=O) groups is 3. The van der Waals surface area contributed by atoms with Crippen LogP contribution in [0.5, 0.6) is 0 Å². The summed E-state index contributed by atoms with van der Waals surface area (Å²) in [7, 11) is 1.11. The summed E-state index contributed by atoms with van der Waals surface area (Å²) in [6.07, 6.45) is 1.71. The Labute approximate surface area is 120 Å². The molecule has 0 aromatic heterocycles. The molecule has 0 saturated heterocycles. The lowest BCUT2D eigenvalue weighted by atomic mass is 10.2. The van der Waals surface area contributed by atoms with Crippen LogP contribution in [0, 0.1) is 5.82 Å². The first-order chi connectivity index (χ1) is 9.93. The summed E-state index contributed by atoms with van der Waals surface area (Å²) in [6.45, 7) is 0. The van der Waals surface area contributed by atoms with Crippen LogP contribution in [-0.4, -0.2) is 36.1 Å². The van der Waals surface area contributed by atoms with Crippen molar-refractivity contribution in [1.82, 2.24) is 5.32 Å². The number of methoxy groups -OCH3 is 1. The van der Waals surface area contributed by atoms with Crippen molar-refractivity contribution in [3.63, 3.8) is 0 Å². The van der Waals surface area contributed by atoms with Crippen molar-refractivity contribution in [2.24, 2.45) is 0 Å². The number of nitrogens with one attached hydrogen (secondary N) is 1. The lowest BCUT2D eigenvalue weighted by Gasteiger charge is -2.11. The standard InChI is InChI=1S/C14H14FNO5/c1-21-13(18)8-11(14(19)20)16-12(17)7-6-9-4-2-3-5-10(9)15/h2-7,11H,8H2,1H3,(H,16,17)(H,19,20)/t11-/m0/s1. The number of halogens is 1. The third-order valence-electron chi connectivity index (χ3n) is 2.53. The highest BCUT2D eigenvalue weighted by molar-refractivity contribution is 5.95. The fourth-order valence-corrected chi connectivity index (χ4v) is 1.45. The third-order valence-corrected chi connectivity index (χ3v) is 2.53. The van der Waals surface area contributed by atoms with Crippen LogP contribution in [-0.2, 0) is 19.1 Å². The average molecular weight is 295 g/mol. The van der Waals surface area contributed by atoms with E-state index < -0.39 is 36.1 Å². The number of hydrogen-bond donors (Lipinski definition) is 2. The van der Waals surface area contributed by atoms with E-state index in [0.29, 0.717) is 0 Å². The predicted molar refractivity (Wildman–Crippen MR) is 71.6 cm³/mol. The number of carboxylic acids is 1. The van der Waals surface area contributed by atoms with Gasteiger partial charge in [0, 0.05) is 11.6 Å². The van der Waals surface area contributed by atoms with Gasteiger partial charge in [0.25, 0.3) is 0 Å². The van der Waals surface area contributed by atoms with Crippen LogP contribution >= 0.6 is 0 Å². The first-order valence-electron chi connectivity index (χ1n) is 5.96. The fraction of sp³-hybridized carbons (Fsp3) is 0.214. The van der Waals surface area contributed by atoms with Crippen LogP contribution in [0.3, 0.4) is 0 Å². The van der Waals surface area contributed by atoms with Gasteiger partial charge in [-0.25, -0.2) is 9.18 Å². The molecule has 0 heterocycles. The molecule has 1 rings (SSSR count). The highest BCUT2D eigenvalue weighted by atomic mass is 19.1. The summed E-state index contributed by atoms with van der Waals surface area (Å²) in [5.74, 6) is -3.39.